The molecule has 4 aromatic rings. The standard InChI is InChI=1S/C28H28N4O/c1-21-8-7-11-25(18-21)23-13-15-24(16-14-23)27-20-32(30-29-27)28(33)31-17-6-5-12-26(31)19-22-9-3-2-4-10-22/h2-4,7-11,13-16,18,20,26H,5-6,12,17,19H2,1H3. The monoisotopic (exact) mass is 436 g/mol. The average Bonchev–Trinajstić information content (AvgIpc) is 3.35. The number of nitrogens with zero attached hydrogens (tertiary/aromatic N) is 4. The summed E-state index contributed by atoms with van der Waals surface area (Å²) in [5.74, 6) is 0. The Bertz CT molecular complexity index is 1230. The van der Waals surface area contributed by atoms with Gasteiger partial charge in [0.15, 0.2) is 0 Å². The molecule has 5 rings (SSSR count). The fraction of sp³-hybridized carbons (Fsp3) is 0.250. The van der Waals surface area contributed by atoms with Crippen molar-refractivity contribution in [3.8, 4) is 22.4 Å². The van der Waals surface area contributed by atoms with Crippen molar-refractivity contribution in [2.24, 2.45) is 0 Å². The van der Waals surface area contributed by atoms with Gasteiger partial charge in [0.2, 0.25) is 0 Å². The van der Waals surface area contributed by atoms with Crippen LogP contribution in [0.5, 0.6) is 0 Å². The van der Waals surface area contributed by atoms with Crippen LogP contribution in [0, 0.1) is 6.92 Å². The Balaban J connectivity index is 1.32. The highest BCUT2D eigenvalue weighted by atomic mass is 16.2. The molecular formula is C28H28N4O. The number of likely N-dealkylation sites (tertiary alicyclic amines) is 1. The number of carbonyl (C=O) groups excluding carboxylic acids is 1. The van der Waals surface area contributed by atoms with Gasteiger partial charge in [-0.2, -0.15) is 4.68 Å². The van der Waals surface area contributed by atoms with E-state index in [1.165, 1.54) is 21.4 Å². The third-order valence-electron chi connectivity index (χ3n) is 6.41. The van der Waals surface area contributed by atoms with E-state index in [2.05, 4.69) is 77.9 Å². The summed E-state index contributed by atoms with van der Waals surface area (Å²) in [4.78, 5) is 15.3. The Morgan fingerprint density at radius 2 is 1.70 bits per heavy atom. The molecule has 2 heterocycles. The summed E-state index contributed by atoms with van der Waals surface area (Å²) in [6, 6.07) is 27.2. The summed E-state index contributed by atoms with van der Waals surface area (Å²) in [7, 11) is 0. The van der Waals surface area contributed by atoms with Crippen molar-refractivity contribution < 1.29 is 4.79 Å². The van der Waals surface area contributed by atoms with Gasteiger partial charge in [0.05, 0.1) is 6.20 Å². The lowest BCUT2D eigenvalue weighted by Gasteiger charge is -2.35. The van der Waals surface area contributed by atoms with Gasteiger partial charge in [-0.15, -0.1) is 5.10 Å². The molecule has 0 N–H and O–H groups in total. The minimum Gasteiger partial charge on any atom is -0.320 e. The van der Waals surface area contributed by atoms with Gasteiger partial charge in [-0.1, -0.05) is 89.6 Å². The maximum atomic E-state index is 13.3. The molecule has 1 aliphatic rings. The zero-order valence-corrected chi connectivity index (χ0v) is 18.9. The van der Waals surface area contributed by atoms with E-state index < -0.39 is 0 Å². The van der Waals surface area contributed by atoms with E-state index in [0.29, 0.717) is 5.69 Å². The highest BCUT2D eigenvalue weighted by Crippen LogP contribution is 2.25. The van der Waals surface area contributed by atoms with E-state index >= 15 is 0 Å². The molecule has 0 saturated carbocycles. The Morgan fingerprint density at radius 3 is 2.48 bits per heavy atom. The quantitative estimate of drug-likeness (QED) is 0.395. The second kappa shape index (κ2) is 9.41. The summed E-state index contributed by atoms with van der Waals surface area (Å²) in [6.45, 7) is 2.86. The van der Waals surface area contributed by atoms with Crippen LogP contribution in [0.1, 0.15) is 30.4 Å². The Kier molecular flexibility index (Phi) is 6.03. The molecule has 33 heavy (non-hydrogen) atoms. The van der Waals surface area contributed by atoms with Crippen LogP contribution in [0.4, 0.5) is 4.79 Å². The van der Waals surface area contributed by atoms with Crippen LogP contribution in [0.2, 0.25) is 0 Å². The van der Waals surface area contributed by atoms with Gasteiger partial charge in [0, 0.05) is 18.2 Å². The number of hydrogen-bond acceptors (Lipinski definition) is 3. The minimum atomic E-state index is -0.0919. The molecule has 3 aromatic carbocycles. The predicted molar refractivity (Wildman–Crippen MR) is 131 cm³/mol. The topological polar surface area (TPSA) is 51.0 Å². The van der Waals surface area contributed by atoms with Crippen LogP contribution in [-0.4, -0.2) is 38.5 Å². The van der Waals surface area contributed by atoms with Crippen LogP contribution in [-0.2, 0) is 6.42 Å². The molecule has 166 valence electrons. The van der Waals surface area contributed by atoms with Gasteiger partial charge in [-0.05, 0) is 49.3 Å². The largest absolute Gasteiger partial charge is 0.346 e. The zero-order valence-electron chi connectivity index (χ0n) is 18.9. The molecule has 1 fully saturated rings. The van der Waals surface area contributed by atoms with E-state index in [9.17, 15) is 4.79 Å². The Morgan fingerprint density at radius 1 is 0.909 bits per heavy atom. The highest BCUT2D eigenvalue weighted by molar-refractivity contribution is 5.77. The molecular weight excluding hydrogens is 408 g/mol. The number of hydrogen-bond donors (Lipinski definition) is 0. The van der Waals surface area contributed by atoms with Crippen molar-refractivity contribution in [1.29, 1.82) is 0 Å². The molecule has 1 atom stereocenters. The van der Waals surface area contributed by atoms with Gasteiger partial charge in [-0.25, -0.2) is 4.79 Å². The molecule has 1 aliphatic heterocycles. The first-order chi connectivity index (χ1) is 16.2. The first kappa shape index (κ1) is 21.1. The van der Waals surface area contributed by atoms with E-state index in [4.69, 9.17) is 0 Å². The predicted octanol–water partition coefficient (Wildman–Crippen LogP) is 5.99. The van der Waals surface area contributed by atoms with Crippen molar-refractivity contribution in [3.63, 3.8) is 0 Å². The summed E-state index contributed by atoms with van der Waals surface area (Å²) < 4.78 is 1.40. The van der Waals surface area contributed by atoms with E-state index in [1.807, 2.05) is 23.1 Å². The van der Waals surface area contributed by atoms with Crippen molar-refractivity contribution in [2.75, 3.05) is 6.54 Å². The number of piperidine rings is 1. The molecule has 1 aromatic heterocycles. The molecule has 1 unspecified atom stereocenters. The highest BCUT2D eigenvalue weighted by Gasteiger charge is 2.28. The molecule has 0 radical (unpaired) electrons. The second-order valence-corrected chi connectivity index (χ2v) is 8.81. The first-order valence-corrected chi connectivity index (χ1v) is 11.6. The summed E-state index contributed by atoms with van der Waals surface area (Å²) in [5, 5.41) is 8.47. The average molecular weight is 437 g/mol. The molecule has 5 nitrogen and oxygen atoms in total. The van der Waals surface area contributed by atoms with E-state index in [-0.39, 0.29) is 12.1 Å². The van der Waals surface area contributed by atoms with Crippen molar-refractivity contribution in [2.45, 2.75) is 38.6 Å². The van der Waals surface area contributed by atoms with Crippen LogP contribution in [0.25, 0.3) is 22.4 Å². The smallest absolute Gasteiger partial charge is 0.320 e. The van der Waals surface area contributed by atoms with Crippen LogP contribution < -0.4 is 0 Å². The Hall–Kier alpha value is -3.73. The number of aromatic nitrogens is 3. The van der Waals surface area contributed by atoms with Gasteiger partial charge in [0.25, 0.3) is 0 Å². The number of amides is 1. The van der Waals surface area contributed by atoms with Gasteiger partial charge >= 0.3 is 6.03 Å². The molecule has 0 aliphatic carbocycles. The molecule has 5 heteroatoms. The lowest BCUT2D eigenvalue weighted by Crippen LogP contribution is -2.46. The summed E-state index contributed by atoms with van der Waals surface area (Å²) >= 11 is 0. The lowest BCUT2D eigenvalue weighted by molar-refractivity contribution is 0.149. The fourth-order valence-electron chi connectivity index (χ4n) is 4.63. The van der Waals surface area contributed by atoms with E-state index in [0.717, 1.165) is 43.4 Å². The number of carbonyl (C=O) groups is 1. The summed E-state index contributed by atoms with van der Waals surface area (Å²) in [6.07, 6.45) is 5.81. The van der Waals surface area contributed by atoms with Crippen molar-refractivity contribution in [3.05, 3.63) is 96.2 Å². The molecule has 1 amide bonds. The number of aryl methyl sites for hydroxylation is 1. The maximum Gasteiger partial charge on any atom is 0.346 e. The SMILES string of the molecule is Cc1cccc(-c2ccc(-c3cn(C(=O)N4CCCCC4Cc4ccccc4)nn3)cc2)c1. The van der Waals surface area contributed by atoms with Crippen LogP contribution in [0.15, 0.2) is 85.1 Å². The first-order valence-electron chi connectivity index (χ1n) is 11.6. The molecule has 1 saturated heterocycles. The van der Waals surface area contributed by atoms with Gasteiger partial charge < -0.3 is 4.90 Å². The second-order valence-electron chi connectivity index (χ2n) is 8.81. The maximum absolute atomic E-state index is 13.3. The Labute approximate surface area is 194 Å². The summed E-state index contributed by atoms with van der Waals surface area (Å²) in [5.41, 5.74) is 6.50. The van der Waals surface area contributed by atoms with Gasteiger partial charge in [-0.3, -0.25) is 0 Å². The third-order valence-corrected chi connectivity index (χ3v) is 6.41. The molecule has 0 spiro atoms. The molecule has 0 bridgehead atoms. The normalized spacial score (nSPS) is 16.0. The van der Waals surface area contributed by atoms with Crippen molar-refractivity contribution >= 4 is 6.03 Å². The fourth-order valence-corrected chi connectivity index (χ4v) is 4.63. The number of benzene rings is 3. The minimum absolute atomic E-state index is 0.0919. The third kappa shape index (κ3) is 4.72. The van der Waals surface area contributed by atoms with E-state index in [1.54, 1.807) is 6.20 Å². The van der Waals surface area contributed by atoms with Crippen LogP contribution in [0.3, 0.4) is 0 Å². The lowest BCUT2D eigenvalue weighted by atomic mass is 9.96. The van der Waals surface area contributed by atoms with Crippen molar-refractivity contribution in [1.82, 2.24) is 19.9 Å². The zero-order chi connectivity index (χ0) is 22.6. The van der Waals surface area contributed by atoms with Crippen LogP contribution >= 0.6 is 0 Å². The number of rotatable bonds is 4. The van der Waals surface area contributed by atoms with Gasteiger partial charge in [0.1, 0.15) is 5.69 Å².